The molecule has 1 atom stereocenters. The van der Waals surface area contributed by atoms with Gasteiger partial charge in [0.2, 0.25) is 0 Å². The maximum absolute atomic E-state index is 6.74. The third-order valence-corrected chi connectivity index (χ3v) is 6.71. The number of ether oxygens (including phenoxy) is 1. The molecule has 3 aromatic rings. The maximum atomic E-state index is 6.74. The SMILES string of the molecule is Cc1ccc(C2=C[C@@H]3c4ccccc4OC4(CCN(Cc5ccccc5)CC4)N3N2)o1. The Morgan fingerprint density at radius 2 is 1.74 bits per heavy atom. The fourth-order valence-electron chi connectivity index (χ4n) is 5.09. The summed E-state index contributed by atoms with van der Waals surface area (Å²) in [5.41, 5.74) is 6.86. The zero-order chi connectivity index (χ0) is 20.8. The summed E-state index contributed by atoms with van der Waals surface area (Å²) >= 11 is 0. The summed E-state index contributed by atoms with van der Waals surface area (Å²) in [4.78, 5) is 2.53. The highest BCUT2D eigenvalue weighted by atomic mass is 16.5. The van der Waals surface area contributed by atoms with Gasteiger partial charge in [0.1, 0.15) is 11.5 Å². The average molecular weight is 414 g/mol. The number of para-hydroxylation sites is 1. The predicted molar refractivity (Wildman–Crippen MR) is 120 cm³/mol. The van der Waals surface area contributed by atoms with Crippen LogP contribution >= 0.6 is 0 Å². The third-order valence-electron chi connectivity index (χ3n) is 6.71. The van der Waals surface area contributed by atoms with Crippen molar-refractivity contribution in [3.8, 4) is 5.75 Å². The van der Waals surface area contributed by atoms with E-state index in [9.17, 15) is 0 Å². The number of rotatable bonds is 3. The molecule has 0 saturated carbocycles. The maximum Gasteiger partial charge on any atom is 0.182 e. The van der Waals surface area contributed by atoms with Crippen LogP contribution in [-0.4, -0.2) is 28.7 Å². The number of nitrogens with one attached hydrogen (secondary N) is 1. The second-order valence-electron chi connectivity index (χ2n) is 8.77. The second-order valence-corrected chi connectivity index (χ2v) is 8.77. The van der Waals surface area contributed by atoms with Gasteiger partial charge in [-0.1, -0.05) is 48.5 Å². The molecule has 1 fully saturated rings. The van der Waals surface area contributed by atoms with Crippen LogP contribution in [0.2, 0.25) is 0 Å². The fourth-order valence-corrected chi connectivity index (χ4v) is 5.09. The summed E-state index contributed by atoms with van der Waals surface area (Å²) in [7, 11) is 0. The molecule has 5 nitrogen and oxygen atoms in total. The zero-order valence-electron chi connectivity index (χ0n) is 17.8. The minimum absolute atomic E-state index is 0.131. The van der Waals surface area contributed by atoms with Crippen LogP contribution in [0.3, 0.4) is 0 Å². The molecule has 158 valence electrons. The first-order valence-electron chi connectivity index (χ1n) is 11.1. The largest absolute Gasteiger partial charge is 0.470 e. The van der Waals surface area contributed by atoms with Crippen molar-refractivity contribution in [2.24, 2.45) is 0 Å². The van der Waals surface area contributed by atoms with E-state index in [0.29, 0.717) is 0 Å². The van der Waals surface area contributed by atoms with Crippen molar-refractivity contribution in [1.82, 2.24) is 15.3 Å². The van der Waals surface area contributed by atoms with E-state index in [1.54, 1.807) is 0 Å². The van der Waals surface area contributed by atoms with E-state index >= 15 is 0 Å². The third kappa shape index (κ3) is 3.25. The van der Waals surface area contributed by atoms with Crippen LogP contribution in [0.1, 0.15) is 41.5 Å². The highest BCUT2D eigenvalue weighted by molar-refractivity contribution is 5.64. The molecule has 0 unspecified atom stereocenters. The molecule has 0 bridgehead atoms. The Bertz CT molecular complexity index is 1110. The van der Waals surface area contributed by atoms with Crippen LogP contribution in [0.25, 0.3) is 5.70 Å². The van der Waals surface area contributed by atoms with E-state index in [1.807, 2.05) is 19.1 Å². The van der Waals surface area contributed by atoms with Gasteiger partial charge in [0, 0.05) is 38.0 Å². The van der Waals surface area contributed by atoms with Gasteiger partial charge in [-0.05, 0) is 36.8 Å². The topological polar surface area (TPSA) is 40.9 Å². The van der Waals surface area contributed by atoms with Crippen molar-refractivity contribution in [2.75, 3.05) is 13.1 Å². The van der Waals surface area contributed by atoms with Crippen molar-refractivity contribution in [1.29, 1.82) is 0 Å². The van der Waals surface area contributed by atoms with Crippen molar-refractivity contribution in [2.45, 2.75) is 38.1 Å². The van der Waals surface area contributed by atoms with Gasteiger partial charge < -0.3 is 14.6 Å². The van der Waals surface area contributed by atoms with Gasteiger partial charge in [0.15, 0.2) is 11.5 Å². The normalized spacial score (nSPS) is 22.4. The lowest BCUT2D eigenvalue weighted by Gasteiger charge is -2.51. The highest BCUT2D eigenvalue weighted by Crippen LogP contribution is 2.48. The first kappa shape index (κ1) is 18.7. The average Bonchev–Trinajstić information content (AvgIpc) is 3.44. The van der Waals surface area contributed by atoms with Crippen molar-refractivity contribution in [3.63, 3.8) is 0 Å². The first-order chi connectivity index (χ1) is 15.2. The summed E-state index contributed by atoms with van der Waals surface area (Å²) < 4.78 is 12.6. The minimum atomic E-state index is -0.369. The first-order valence-corrected chi connectivity index (χ1v) is 11.1. The molecule has 3 aliphatic rings. The monoisotopic (exact) mass is 413 g/mol. The number of furan rings is 1. The number of hydrogen-bond acceptors (Lipinski definition) is 5. The number of benzene rings is 2. The Hall–Kier alpha value is -3.02. The van der Waals surface area contributed by atoms with Crippen LogP contribution in [0.4, 0.5) is 0 Å². The quantitative estimate of drug-likeness (QED) is 0.663. The summed E-state index contributed by atoms with van der Waals surface area (Å²) in [5.74, 6) is 2.79. The second kappa shape index (κ2) is 7.29. The van der Waals surface area contributed by atoms with Crippen molar-refractivity contribution < 1.29 is 9.15 Å². The number of piperidine rings is 1. The lowest BCUT2D eigenvalue weighted by Crippen LogP contribution is -2.63. The molecule has 1 aromatic heterocycles. The smallest absolute Gasteiger partial charge is 0.182 e. The molecule has 1 spiro atoms. The van der Waals surface area contributed by atoms with Crippen molar-refractivity contribution in [3.05, 3.63) is 95.5 Å². The van der Waals surface area contributed by atoms with E-state index in [1.165, 1.54) is 11.1 Å². The van der Waals surface area contributed by atoms with Crippen molar-refractivity contribution >= 4 is 5.70 Å². The van der Waals surface area contributed by atoms with E-state index < -0.39 is 0 Å². The molecule has 2 aromatic carbocycles. The molecule has 1 saturated heterocycles. The van der Waals surface area contributed by atoms with Gasteiger partial charge in [-0.2, -0.15) is 5.01 Å². The molecular weight excluding hydrogens is 386 g/mol. The van der Waals surface area contributed by atoms with Gasteiger partial charge in [0.05, 0.1) is 11.7 Å². The van der Waals surface area contributed by atoms with Gasteiger partial charge in [-0.3, -0.25) is 4.90 Å². The summed E-state index contributed by atoms with van der Waals surface area (Å²) in [6.45, 7) is 4.96. The zero-order valence-corrected chi connectivity index (χ0v) is 17.8. The molecule has 5 heteroatoms. The Morgan fingerprint density at radius 1 is 0.968 bits per heavy atom. The number of nitrogens with zero attached hydrogens (tertiary/aromatic N) is 2. The van der Waals surface area contributed by atoms with E-state index in [0.717, 1.165) is 55.4 Å². The van der Waals surface area contributed by atoms with Gasteiger partial charge in [-0.15, -0.1) is 0 Å². The standard InChI is InChI=1S/C26H27N3O2/c1-19-11-12-25(30-19)22-17-23-21-9-5-6-10-24(21)31-26(29(23)27-22)13-15-28(16-14-26)18-20-7-3-2-4-8-20/h2-12,17,23,27H,13-16,18H2,1H3/t23-/m1/s1. The van der Waals surface area contributed by atoms with E-state index in [-0.39, 0.29) is 11.8 Å². The molecule has 0 amide bonds. The number of fused-ring (bicyclic) bond motifs is 4. The Labute approximate surface area is 182 Å². The van der Waals surface area contributed by atoms with Gasteiger partial charge in [0.25, 0.3) is 0 Å². The fraction of sp³-hybridized carbons (Fsp3) is 0.308. The molecular formula is C26H27N3O2. The minimum Gasteiger partial charge on any atom is -0.470 e. The van der Waals surface area contributed by atoms with Gasteiger partial charge >= 0.3 is 0 Å². The molecule has 1 N–H and O–H groups in total. The van der Waals surface area contributed by atoms with E-state index in [2.05, 4.69) is 76.0 Å². The van der Waals surface area contributed by atoms with Crippen LogP contribution in [0, 0.1) is 6.92 Å². The predicted octanol–water partition coefficient (Wildman–Crippen LogP) is 4.88. The number of hydrazine groups is 1. The molecule has 0 aliphatic carbocycles. The summed E-state index contributed by atoms with van der Waals surface area (Å²) in [5, 5.41) is 2.32. The number of likely N-dealkylation sites (tertiary alicyclic amines) is 1. The van der Waals surface area contributed by atoms with Crippen LogP contribution in [0.15, 0.2) is 77.2 Å². The number of hydrogen-bond donors (Lipinski definition) is 1. The lowest BCUT2D eigenvalue weighted by atomic mass is 9.92. The Kier molecular flexibility index (Phi) is 4.40. The Balaban J connectivity index is 1.28. The van der Waals surface area contributed by atoms with E-state index in [4.69, 9.17) is 9.15 Å². The van der Waals surface area contributed by atoms with Crippen LogP contribution in [0.5, 0.6) is 5.75 Å². The number of aryl methyl sites for hydroxylation is 1. The van der Waals surface area contributed by atoms with Crippen LogP contribution in [-0.2, 0) is 6.54 Å². The molecule has 31 heavy (non-hydrogen) atoms. The Morgan fingerprint density at radius 3 is 2.52 bits per heavy atom. The summed E-state index contributed by atoms with van der Waals surface area (Å²) in [6, 6.07) is 23.3. The molecule has 3 aliphatic heterocycles. The van der Waals surface area contributed by atoms with Crippen LogP contribution < -0.4 is 10.2 Å². The molecule has 6 rings (SSSR count). The van der Waals surface area contributed by atoms with Gasteiger partial charge in [-0.25, -0.2) is 0 Å². The molecule has 0 radical (unpaired) electrons. The lowest BCUT2D eigenvalue weighted by molar-refractivity contribution is -0.160. The molecule has 4 heterocycles. The highest BCUT2D eigenvalue weighted by Gasteiger charge is 2.51. The summed E-state index contributed by atoms with van der Waals surface area (Å²) in [6.07, 6.45) is 4.16.